The van der Waals surface area contributed by atoms with Crippen LogP contribution in [-0.2, 0) is 11.0 Å². The fourth-order valence-electron chi connectivity index (χ4n) is 4.30. The van der Waals surface area contributed by atoms with Crippen LogP contribution in [0.3, 0.4) is 0 Å². The number of hydrogen-bond acceptors (Lipinski definition) is 6. The molecule has 3 aromatic rings. The molecule has 10 heteroatoms. The Labute approximate surface area is 198 Å². The number of rotatable bonds is 4. The van der Waals surface area contributed by atoms with Gasteiger partial charge in [-0.15, -0.1) is 0 Å². The van der Waals surface area contributed by atoms with Gasteiger partial charge in [0.1, 0.15) is 5.03 Å². The lowest BCUT2D eigenvalue weighted by Gasteiger charge is -2.25. The molecule has 2 aliphatic rings. The standard InChI is InChI=1S/C24H22F3N3O3S/c25-24(26,27)23-28-17-6-2-1-5-16(17)22(29-23)34-14-21(31)30-10-3-7-18(30)15-8-9-19-20(13-15)33-12-4-11-32-19/h1-2,5-6,8-9,13,18H,3-4,7,10-12,14H2/t18-/m0/s1. The second kappa shape index (κ2) is 9.32. The number of nitrogens with zero attached hydrogens (tertiary/aromatic N) is 3. The molecular weight excluding hydrogens is 467 g/mol. The van der Waals surface area contributed by atoms with Crippen LogP contribution in [0.25, 0.3) is 10.9 Å². The fraction of sp³-hybridized carbons (Fsp3) is 0.375. The van der Waals surface area contributed by atoms with Crippen molar-refractivity contribution in [1.82, 2.24) is 14.9 Å². The Kier molecular flexibility index (Phi) is 6.24. The topological polar surface area (TPSA) is 64.6 Å². The van der Waals surface area contributed by atoms with Gasteiger partial charge in [-0.25, -0.2) is 9.97 Å². The highest BCUT2D eigenvalue weighted by Gasteiger charge is 2.36. The lowest BCUT2D eigenvalue weighted by Crippen LogP contribution is -2.32. The van der Waals surface area contributed by atoms with Crippen molar-refractivity contribution in [2.24, 2.45) is 0 Å². The number of thioether (sulfide) groups is 1. The first-order valence-corrected chi connectivity index (χ1v) is 12.0. The van der Waals surface area contributed by atoms with Crippen LogP contribution in [0.5, 0.6) is 11.5 Å². The van der Waals surface area contributed by atoms with Gasteiger partial charge in [0, 0.05) is 18.4 Å². The number of hydrogen-bond donors (Lipinski definition) is 0. The number of likely N-dealkylation sites (tertiary alicyclic amines) is 1. The lowest BCUT2D eigenvalue weighted by molar-refractivity contribution is -0.145. The molecule has 0 radical (unpaired) electrons. The normalized spacial score (nSPS) is 18.2. The molecule has 1 aromatic heterocycles. The summed E-state index contributed by atoms with van der Waals surface area (Å²) in [5.74, 6) is 0.0159. The van der Waals surface area contributed by atoms with E-state index in [0.717, 1.165) is 36.6 Å². The molecule has 1 fully saturated rings. The van der Waals surface area contributed by atoms with Crippen LogP contribution in [0, 0.1) is 0 Å². The van der Waals surface area contributed by atoms with Crippen LogP contribution in [0.4, 0.5) is 13.2 Å². The molecular formula is C24H22F3N3O3S. The molecule has 3 heterocycles. The van der Waals surface area contributed by atoms with Gasteiger partial charge in [-0.1, -0.05) is 36.0 Å². The smallest absolute Gasteiger partial charge is 0.451 e. The Morgan fingerprint density at radius 2 is 1.85 bits per heavy atom. The predicted molar refractivity (Wildman–Crippen MR) is 121 cm³/mol. The summed E-state index contributed by atoms with van der Waals surface area (Å²) in [5, 5.41) is 0.645. The number of para-hydroxylation sites is 1. The number of halogens is 3. The molecule has 6 nitrogen and oxygen atoms in total. The fourth-order valence-corrected chi connectivity index (χ4v) is 5.20. The monoisotopic (exact) mass is 489 g/mol. The summed E-state index contributed by atoms with van der Waals surface area (Å²) in [6.45, 7) is 1.77. The molecule has 178 valence electrons. The van der Waals surface area contributed by atoms with Gasteiger partial charge in [0.2, 0.25) is 11.7 Å². The third-order valence-electron chi connectivity index (χ3n) is 5.88. The first-order chi connectivity index (χ1) is 16.4. The third-order valence-corrected chi connectivity index (χ3v) is 6.86. The molecule has 2 aliphatic heterocycles. The van der Waals surface area contributed by atoms with E-state index >= 15 is 0 Å². The van der Waals surface area contributed by atoms with Crippen molar-refractivity contribution in [1.29, 1.82) is 0 Å². The molecule has 5 rings (SSSR count). The number of amides is 1. The Morgan fingerprint density at radius 3 is 2.68 bits per heavy atom. The zero-order chi connectivity index (χ0) is 23.7. The Morgan fingerprint density at radius 1 is 1.06 bits per heavy atom. The van der Waals surface area contributed by atoms with Crippen LogP contribution in [0.15, 0.2) is 47.5 Å². The summed E-state index contributed by atoms with van der Waals surface area (Å²) in [5.41, 5.74) is 1.16. The summed E-state index contributed by atoms with van der Waals surface area (Å²) in [4.78, 5) is 22.3. The van der Waals surface area contributed by atoms with Gasteiger partial charge in [0.25, 0.3) is 0 Å². The van der Waals surface area contributed by atoms with E-state index in [2.05, 4.69) is 9.97 Å². The van der Waals surface area contributed by atoms with Crippen LogP contribution in [0.2, 0.25) is 0 Å². The maximum Gasteiger partial charge on any atom is 0.451 e. The predicted octanol–water partition coefficient (Wildman–Crippen LogP) is 5.27. The molecule has 2 aromatic carbocycles. The van der Waals surface area contributed by atoms with E-state index in [-0.39, 0.29) is 28.2 Å². The molecule has 0 spiro atoms. The Bertz CT molecular complexity index is 1220. The third kappa shape index (κ3) is 4.64. The van der Waals surface area contributed by atoms with Gasteiger partial charge in [-0.05, 0) is 36.6 Å². The number of fused-ring (bicyclic) bond motifs is 2. The van der Waals surface area contributed by atoms with E-state index in [1.807, 2.05) is 18.2 Å². The molecule has 0 N–H and O–H groups in total. The van der Waals surface area contributed by atoms with Gasteiger partial charge >= 0.3 is 6.18 Å². The zero-order valence-electron chi connectivity index (χ0n) is 18.2. The van der Waals surface area contributed by atoms with E-state index in [1.54, 1.807) is 23.1 Å². The SMILES string of the molecule is O=C(CSc1nc(C(F)(F)F)nc2ccccc12)N1CCC[C@H]1c1ccc2c(c1)OCCCO2. The number of benzene rings is 2. The number of alkyl halides is 3. The Balaban J connectivity index is 1.35. The number of ether oxygens (including phenoxy) is 2. The molecule has 1 amide bonds. The van der Waals surface area contributed by atoms with Crippen molar-refractivity contribution >= 4 is 28.6 Å². The zero-order valence-corrected chi connectivity index (χ0v) is 19.0. The van der Waals surface area contributed by atoms with Gasteiger partial charge in [0.15, 0.2) is 11.5 Å². The number of carbonyl (C=O) groups excluding carboxylic acids is 1. The van der Waals surface area contributed by atoms with Crippen molar-refractivity contribution in [3.8, 4) is 11.5 Å². The van der Waals surface area contributed by atoms with Crippen molar-refractivity contribution in [3.05, 3.63) is 53.9 Å². The number of carbonyl (C=O) groups is 1. The summed E-state index contributed by atoms with van der Waals surface area (Å²) >= 11 is 1.01. The molecule has 0 bridgehead atoms. The molecule has 0 aliphatic carbocycles. The summed E-state index contributed by atoms with van der Waals surface area (Å²) in [7, 11) is 0. The summed E-state index contributed by atoms with van der Waals surface area (Å²) in [6, 6.07) is 12.2. The second-order valence-electron chi connectivity index (χ2n) is 8.16. The maximum absolute atomic E-state index is 13.3. The lowest BCUT2D eigenvalue weighted by atomic mass is 10.0. The van der Waals surface area contributed by atoms with Crippen molar-refractivity contribution < 1.29 is 27.4 Å². The van der Waals surface area contributed by atoms with Gasteiger partial charge in [-0.3, -0.25) is 4.79 Å². The van der Waals surface area contributed by atoms with Gasteiger partial charge in [-0.2, -0.15) is 13.2 Å². The van der Waals surface area contributed by atoms with Crippen LogP contribution in [0.1, 0.15) is 36.7 Å². The first kappa shape index (κ1) is 22.8. The van der Waals surface area contributed by atoms with Crippen molar-refractivity contribution in [2.75, 3.05) is 25.5 Å². The minimum absolute atomic E-state index is 0.0145. The minimum Gasteiger partial charge on any atom is -0.490 e. The molecule has 0 unspecified atom stereocenters. The van der Waals surface area contributed by atoms with Gasteiger partial charge in [0.05, 0.1) is 30.5 Å². The van der Waals surface area contributed by atoms with Crippen molar-refractivity contribution in [2.45, 2.75) is 36.5 Å². The second-order valence-corrected chi connectivity index (χ2v) is 9.12. The molecule has 1 atom stereocenters. The number of aromatic nitrogens is 2. The highest BCUT2D eigenvalue weighted by Crippen LogP contribution is 2.39. The van der Waals surface area contributed by atoms with E-state index in [4.69, 9.17) is 9.47 Å². The van der Waals surface area contributed by atoms with E-state index in [9.17, 15) is 18.0 Å². The largest absolute Gasteiger partial charge is 0.490 e. The quantitative estimate of drug-likeness (QED) is 0.368. The summed E-state index contributed by atoms with van der Waals surface area (Å²) in [6.07, 6.45) is -2.20. The molecule has 1 saturated heterocycles. The highest BCUT2D eigenvalue weighted by atomic mass is 32.2. The van der Waals surface area contributed by atoms with E-state index in [0.29, 0.717) is 36.6 Å². The maximum atomic E-state index is 13.3. The summed E-state index contributed by atoms with van der Waals surface area (Å²) < 4.78 is 51.4. The molecule has 0 saturated carbocycles. The van der Waals surface area contributed by atoms with Gasteiger partial charge < -0.3 is 14.4 Å². The Hall–Kier alpha value is -3.01. The van der Waals surface area contributed by atoms with Crippen molar-refractivity contribution in [3.63, 3.8) is 0 Å². The van der Waals surface area contributed by atoms with E-state index < -0.39 is 12.0 Å². The minimum atomic E-state index is -4.67. The van der Waals surface area contributed by atoms with Crippen LogP contribution >= 0.6 is 11.8 Å². The van der Waals surface area contributed by atoms with E-state index in [1.165, 1.54) is 6.07 Å². The average Bonchev–Trinajstić information content (AvgIpc) is 3.20. The average molecular weight is 490 g/mol. The highest BCUT2D eigenvalue weighted by molar-refractivity contribution is 8.00. The van der Waals surface area contributed by atoms with Crippen LogP contribution < -0.4 is 9.47 Å². The molecule has 34 heavy (non-hydrogen) atoms. The van der Waals surface area contributed by atoms with Crippen LogP contribution in [-0.4, -0.2) is 46.3 Å². The first-order valence-electron chi connectivity index (χ1n) is 11.1.